The van der Waals surface area contributed by atoms with Crippen molar-refractivity contribution >= 4 is 17.9 Å². The number of carbonyl (C=O) groups is 2. The summed E-state index contributed by atoms with van der Waals surface area (Å²) in [7, 11) is 1.74. The summed E-state index contributed by atoms with van der Waals surface area (Å²) in [5.74, 6) is 1.46. The minimum atomic E-state index is -0.311. The molecule has 3 N–H and O–H groups in total. The molecule has 0 bridgehead atoms. The van der Waals surface area contributed by atoms with E-state index in [1.807, 2.05) is 0 Å². The summed E-state index contributed by atoms with van der Waals surface area (Å²) in [6.07, 6.45) is 7.53. The number of nitrogens with zero attached hydrogens (tertiary/aromatic N) is 2. The van der Waals surface area contributed by atoms with Gasteiger partial charge < -0.3 is 16.0 Å². The van der Waals surface area contributed by atoms with Crippen LogP contribution in [-0.2, 0) is 4.79 Å². The van der Waals surface area contributed by atoms with E-state index in [9.17, 15) is 9.59 Å². The maximum Gasteiger partial charge on any atom is 0.324 e. The molecule has 0 spiro atoms. The first-order chi connectivity index (χ1) is 11.1. The van der Waals surface area contributed by atoms with Crippen LogP contribution in [0.5, 0.6) is 0 Å². The van der Waals surface area contributed by atoms with Gasteiger partial charge in [0.15, 0.2) is 5.96 Å². The Bertz CT molecular complexity index is 428. The second-order valence-corrected chi connectivity index (χ2v) is 6.35. The normalized spacial score (nSPS) is 25.5. The minimum Gasteiger partial charge on any atom is -0.355 e. The topological polar surface area (TPSA) is 85.8 Å². The number of amides is 3. The van der Waals surface area contributed by atoms with E-state index in [-0.39, 0.29) is 18.5 Å². The van der Waals surface area contributed by atoms with Crippen molar-refractivity contribution in [3.63, 3.8) is 0 Å². The first-order valence-electron chi connectivity index (χ1n) is 8.69. The van der Waals surface area contributed by atoms with Gasteiger partial charge in [-0.3, -0.25) is 14.7 Å². The molecule has 1 saturated heterocycles. The quantitative estimate of drug-likeness (QED) is 0.388. The third kappa shape index (κ3) is 5.11. The molecular weight excluding hydrogens is 294 g/mol. The van der Waals surface area contributed by atoms with Crippen molar-refractivity contribution in [1.82, 2.24) is 20.9 Å². The molecule has 0 aromatic heterocycles. The number of carbonyl (C=O) groups excluding carboxylic acids is 2. The lowest BCUT2D eigenvalue weighted by Gasteiger charge is -2.30. The van der Waals surface area contributed by atoms with Crippen molar-refractivity contribution in [3.05, 3.63) is 0 Å². The summed E-state index contributed by atoms with van der Waals surface area (Å²) in [6.45, 7) is 3.22. The maximum absolute atomic E-state index is 11.5. The van der Waals surface area contributed by atoms with Crippen molar-refractivity contribution < 1.29 is 9.59 Å². The van der Waals surface area contributed by atoms with Crippen molar-refractivity contribution in [1.29, 1.82) is 0 Å². The second-order valence-electron chi connectivity index (χ2n) is 6.35. The van der Waals surface area contributed by atoms with Crippen LogP contribution in [0.1, 0.15) is 45.4 Å². The predicted molar refractivity (Wildman–Crippen MR) is 90.3 cm³/mol. The van der Waals surface area contributed by atoms with Crippen LogP contribution in [0.4, 0.5) is 4.79 Å². The zero-order chi connectivity index (χ0) is 16.7. The van der Waals surface area contributed by atoms with Gasteiger partial charge in [0.05, 0.1) is 6.54 Å². The number of hydrogen-bond donors (Lipinski definition) is 3. The smallest absolute Gasteiger partial charge is 0.324 e. The number of aliphatic imine (C=N–C) groups is 1. The largest absolute Gasteiger partial charge is 0.355 e. The highest BCUT2D eigenvalue weighted by Gasteiger charge is 2.27. The van der Waals surface area contributed by atoms with E-state index in [1.165, 1.54) is 43.4 Å². The van der Waals surface area contributed by atoms with Crippen LogP contribution in [0.25, 0.3) is 0 Å². The molecule has 130 valence electrons. The summed E-state index contributed by atoms with van der Waals surface area (Å²) in [4.78, 5) is 28.4. The predicted octanol–water partition coefficient (Wildman–Crippen LogP) is 1.06. The molecule has 0 radical (unpaired) electrons. The fourth-order valence-corrected chi connectivity index (χ4v) is 3.36. The molecule has 3 amide bonds. The van der Waals surface area contributed by atoms with E-state index in [2.05, 4.69) is 27.9 Å². The fourth-order valence-electron chi connectivity index (χ4n) is 3.36. The molecule has 2 fully saturated rings. The highest BCUT2D eigenvalue weighted by Crippen LogP contribution is 2.27. The van der Waals surface area contributed by atoms with Crippen LogP contribution in [0.2, 0.25) is 0 Å². The average Bonchev–Trinajstić information content (AvgIpc) is 2.87. The summed E-state index contributed by atoms with van der Waals surface area (Å²) >= 11 is 0. The first-order valence-corrected chi connectivity index (χ1v) is 8.69. The molecule has 0 aromatic rings. The molecule has 2 rings (SSSR count). The lowest BCUT2D eigenvalue weighted by Crippen LogP contribution is -2.47. The Labute approximate surface area is 138 Å². The van der Waals surface area contributed by atoms with Gasteiger partial charge in [-0.15, -0.1) is 0 Å². The first kappa shape index (κ1) is 17.6. The molecule has 1 aliphatic heterocycles. The van der Waals surface area contributed by atoms with Gasteiger partial charge in [-0.25, -0.2) is 4.79 Å². The molecule has 0 atom stereocenters. The van der Waals surface area contributed by atoms with E-state index < -0.39 is 0 Å². The Morgan fingerprint density at radius 1 is 1.30 bits per heavy atom. The van der Waals surface area contributed by atoms with Crippen LogP contribution in [0.3, 0.4) is 0 Å². The Morgan fingerprint density at radius 3 is 2.61 bits per heavy atom. The van der Waals surface area contributed by atoms with Crippen molar-refractivity contribution in [2.45, 2.75) is 51.5 Å². The van der Waals surface area contributed by atoms with Crippen LogP contribution in [0, 0.1) is 5.92 Å². The molecule has 0 unspecified atom stereocenters. The number of imide groups is 1. The Kier molecular flexibility index (Phi) is 6.67. The van der Waals surface area contributed by atoms with Gasteiger partial charge in [0.25, 0.3) is 0 Å². The van der Waals surface area contributed by atoms with Gasteiger partial charge in [-0.2, -0.15) is 0 Å². The van der Waals surface area contributed by atoms with Crippen LogP contribution in [0.15, 0.2) is 4.99 Å². The second kappa shape index (κ2) is 8.74. The lowest BCUT2D eigenvalue weighted by molar-refractivity contribution is -0.124. The molecule has 1 aliphatic carbocycles. The third-order valence-corrected chi connectivity index (χ3v) is 4.67. The van der Waals surface area contributed by atoms with E-state index >= 15 is 0 Å². The Morgan fingerprint density at radius 2 is 2.04 bits per heavy atom. The van der Waals surface area contributed by atoms with Gasteiger partial charge >= 0.3 is 6.03 Å². The summed E-state index contributed by atoms with van der Waals surface area (Å²) < 4.78 is 0. The van der Waals surface area contributed by atoms with Gasteiger partial charge in [0.2, 0.25) is 5.91 Å². The number of nitrogens with one attached hydrogen (secondary N) is 3. The fraction of sp³-hybridized carbons (Fsp3) is 0.812. The maximum atomic E-state index is 11.5. The van der Waals surface area contributed by atoms with Gasteiger partial charge in [0.1, 0.15) is 0 Å². The number of urea groups is 1. The van der Waals surface area contributed by atoms with Gasteiger partial charge in [0, 0.05) is 26.2 Å². The zero-order valence-corrected chi connectivity index (χ0v) is 14.2. The number of hydrogen-bond acceptors (Lipinski definition) is 3. The van der Waals surface area contributed by atoms with Crippen molar-refractivity contribution in [2.24, 2.45) is 10.9 Å². The van der Waals surface area contributed by atoms with E-state index in [0.717, 1.165) is 11.9 Å². The SMILES string of the molecule is CCCC1CCC(NC(=NC)NCCN2C(=O)CNC2=O)CC1. The van der Waals surface area contributed by atoms with E-state index in [0.29, 0.717) is 19.1 Å². The van der Waals surface area contributed by atoms with Gasteiger partial charge in [-0.05, 0) is 31.6 Å². The lowest BCUT2D eigenvalue weighted by atomic mass is 9.83. The van der Waals surface area contributed by atoms with Crippen molar-refractivity contribution in [3.8, 4) is 0 Å². The Balaban J connectivity index is 1.68. The van der Waals surface area contributed by atoms with E-state index in [4.69, 9.17) is 0 Å². The van der Waals surface area contributed by atoms with Crippen LogP contribution >= 0.6 is 0 Å². The van der Waals surface area contributed by atoms with Gasteiger partial charge in [-0.1, -0.05) is 19.8 Å². The zero-order valence-electron chi connectivity index (χ0n) is 14.2. The standard InChI is InChI=1S/C16H29N5O2/c1-3-4-12-5-7-13(8-6-12)20-15(17-2)18-9-10-21-14(22)11-19-16(21)23/h12-13H,3-11H2,1-2H3,(H,19,23)(H2,17,18,20). The summed E-state index contributed by atoms with van der Waals surface area (Å²) in [6, 6.07) is 0.153. The summed E-state index contributed by atoms with van der Waals surface area (Å²) in [5.41, 5.74) is 0. The van der Waals surface area contributed by atoms with Crippen molar-refractivity contribution in [2.75, 3.05) is 26.7 Å². The number of rotatable bonds is 6. The molecule has 1 heterocycles. The Hall–Kier alpha value is -1.79. The molecule has 7 nitrogen and oxygen atoms in total. The molecule has 2 aliphatic rings. The minimum absolute atomic E-state index is 0.104. The molecule has 7 heteroatoms. The molecule has 1 saturated carbocycles. The number of guanidine groups is 1. The summed E-state index contributed by atoms with van der Waals surface area (Å²) in [5, 5.41) is 9.15. The molecular formula is C16H29N5O2. The monoisotopic (exact) mass is 323 g/mol. The van der Waals surface area contributed by atoms with E-state index in [1.54, 1.807) is 7.05 Å². The molecule has 23 heavy (non-hydrogen) atoms. The average molecular weight is 323 g/mol. The van der Waals surface area contributed by atoms with Crippen LogP contribution < -0.4 is 16.0 Å². The highest BCUT2D eigenvalue weighted by atomic mass is 16.2. The van der Waals surface area contributed by atoms with Crippen LogP contribution in [-0.4, -0.2) is 55.5 Å². The third-order valence-electron chi connectivity index (χ3n) is 4.67. The molecule has 0 aromatic carbocycles. The highest BCUT2D eigenvalue weighted by molar-refractivity contribution is 6.01.